The molecule has 0 aliphatic carbocycles. The number of terminal acetylenes is 1. The molecule has 2 amide bonds. The molecular formula is C15H16N2O3. The summed E-state index contributed by atoms with van der Waals surface area (Å²) in [6.07, 6.45) is 5.71. The fourth-order valence-electron chi connectivity index (χ4n) is 2.13. The van der Waals surface area contributed by atoms with E-state index in [1.807, 2.05) is 0 Å². The van der Waals surface area contributed by atoms with Crippen molar-refractivity contribution in [3.05, 3.63) is 29.8 Å². The third-order valence-corrected chi connectivity index (χ3v) is 3.20. The highest BCUT2D eigenvalue weighted by Crippen LogP contribution is 2.24. The van der Waals surface area contributed by atoms with Gasteiger partial charge in [0.05, 0.1) is 6.61 Å². The van der Waals surface area contributed by atoms with E-state index in [0.29, 0.717) is 18.5 Å². The Balaban J connectivity index is 2.07. The van der Waals surface area contributed by atoms with Crippen molar-refractivity contribution in [3.63, 3.8) is 0 Å². The predicted octanol–water partition coefficient (Wildman–Crippen LogP) is 0.395. The number of anilines is 1. The number of nitrogens with zero attached hydrogens (tertiary/aromatic N) is 1. The Morgan fingerprint density at radius 2 is 2.15 bits per heavy atom. The van der Waals surface area contributed by atoms with E-state index in [-0.39, 0.29) is 30.9 Å². The van der Waals surface area contributed by atoms with E-state index in [0.717, 1.165) is 5.69 Å². The summed E-state index contributed by atoms with van der Waals surface area (Å²) in [4.78, 5) is 25.1. The molecule has 1 unspecified atom stereocenters. The van der Waals surface area contributed by atoms with Crippen LogP contribution in [-0.2, 0) is 4.79 Å². The number of nitrogens with one attached hydrogen (secondary N) is 1. The number of carbonyl (C=O) groups is 2. The molecule has 0 aromatic heterocycles. The van der Waals surface area contributed by atoms with Gasteiger partial charge in [-0.1, -0.05) is 0 Å². The number of amides is 2. The minimum atomic E-state index is -0.250. The van der Waals surface area contributed by atoms with E-state index in [1.54, 1.807) is 29.2 Å². The summed E-state index contributed by atoms with van der Waals surface area (Å²) < 4.78 is 0. The number of aliphatic hydroxyl groups is 1. The van der Waals surface area contributed by atoms with Crippen LogP contribution in [0.2, 0.25) is 0 Å². The Hall–Kier alpha value is -2.32. The van der Waals surface area contributed by atoms with E-state index in [1.165, 1.54) is 0 Å². The second-order valence-corrected chi connectivity index (χ2v) is 4.60. The first-order valence-corrected chi connectivity index (χ1v) is 6.41. The first-order valence-electron chi connectivity index (χ1n) is 6.41. The molecule has 104 valence electrons. The Morgan fingerprint density at radius 1 is 1.45 bits per heavy atom. The van der Waals surface area contributed by atoms with Crippen molar-refractivity contribution in [1.82, 2.24) is 5.32 Å². The molecule has 0 bridgehead atoms. The smallest absolute Gasteiger partial charge is 0.251 e. The fraction of sp³-hybridized carbons (Fsp3) is 0.333. The van der Waals surface area contributed by atoms with Crippen molar-refractivity contribution in [2.75, 3.05) is 24.6 Å². The maximum Gasteiger partial charge on any atom is 0.251 e. The van der Waals surface area contributed by atoms with Gasteiger partial charge in [-0.2, -0.15) is 0 Å². The molecule has 1 aromatic carbocycles. The van der Waals surface area contributed by atoms with Crippen LogP contribution < -0.4 is 10.2 Å². The van der Waals surface area contributed by atoms with Crippen molar-refractivity contribution in [1.29, 1.82) is 0 Å². The molecule has 1 fully saturated rings. The van der Waals surface area contributed by atoms with Gasteiger partial charge >= 0.3 is 0 Å². The number of benzene rings is 1. The average Bonchev–Trinajstić information content (AvgIpc) is 2.86. The van der Waals surface area contributed by atoms with Crippen LogP contribution in [-0.4, -0.2) is 36.6 Å². The lowest BCUT2D eigenvalue weighted by Gasteiger charge is -2.16. The predicted molar refractivity (Wildman–Crippen MR) is 75.2 cm³/mol. The Labute approximate surface area is 117 Å². The Bertz CT molecular complexity index is 545. The summed E-state index contributed by atoms with van der Waals surface area (Å²) >= 11 is 0. The zero-order chi connectivity index (χ0) is 14.5. The zero-order valence-corrected chi connectivity index (χ0v) is 11.0. The van der Waals surface area contributed by atoms with Crippen LogP contribution >= 0.6 is 0 Å². The van der Waals surface area contributed by atoms with Crippen LogP contribution in [0.3, 0.4) is 0 Å². The Kier molecular flexibility index (Phi) is 4.38. The molecule has 0 radical (unpaired) electrons. The fourth-order valence-corrected chi connectivity index (χ4v) is 2.13. The minimum absolute atomic E-state index is 0.00503. The van der Waals surface area contributed by atoms with Crippen LogP contribution in [0, 0.1) is 18.3 Å². The van der Waals surface area contributed by atoms with E-state index in [2.05, 4.69) is 11.2 Å². The topological polar surface area (TPSA) is 69.6 Å². The van der Waals surface area contributed by atoms with Crippen molar-refractivity contribution in [3.8, 4) is 12.3 Å². The van der Waals surface area contributed by atoms with Crippen LogP contribution in [0.25, 0.3) is 0 Å². The van der Waals surface area contributed by atoms with Crippen molar-refractivity contribution < 1.29 is 14.7 Å². The van der Waals surface area contributed by atoms with E-state index in [4.69, 9.17) is 11.5 Å². The van der Waals surface area contributed by atoms with Gasteiger partial charge in [-0.3, -0.25) is 9.59 Å². The normalized spacial score (nSPS) is 17.9. The summed E-state index contributed by atoms with van der Waals surface area (Å²) in [5.41, 5.74) is 1.23. The summed E-state index contributed by atoms with van der Waals surface area (Å²) in [7, 11) is 0. The molecule has 5 heteroatoms. The number of rotatable bonds is 4. The molecule has 1 aliphatic rings. The first-order chi connectivity index (χ1) is 9.65. The molecule has 0 spiro atoms. The first kappa shape index (κ1) is 14.1. The van der Waals surface area contributed by atoms with Gasteiger partial charge in [-0.05, 0) is 24.3 Å². The highest BCUT2D eigenvalue weighted by Gasteiger charge is 2.29. The second kappa shape index (κ2) is 6.22. The standard InChI is InChI=1S/C15H16N2O3/c1-2-11-9-14(19)17(10-11)13-5-3-12(4-6-13)15(20)16-7-8-18/h1,3-6,11,18H,7-10H2,(H,16,20). The average molecular weight is 272 g/mol. The number of carbonyl (C=O) groups excluding carboxylic acids is 2. The monoisotopic (exact) mass is 272 g/mol. The third-order valence-electron chi connectivity index (χ3n) is 3.20. The molecule has 1 aliphatic heterocycles. The van der Waals surface area contributed by atoms with Gasteiger partial charge in [0, 0.05) is 36.7 Å². The largest absolute Gasteiger partial charge is 0.395 e. The van der Waals surface area contributed by atoms with Crippen molar-refractivity contribution in [2.45, 2.75) is 6.42 Å². The second-order valence-electron chi connectivity index (χ2n) is 4.60. The van der Waals surface area contributed by atoms with Crippen LogP contribution in [0.15, 0.2) is 24.3 Å². The SMILES string of the molecule is C#CC1CC(=O)N(c2ccc(C(=O)NCCO)cc2)C1. The van der Waals surface area contributed by atoms with Crippen molar-refractivity contribution >= 4 is 17.5 Å². The molecular weight excluding hydrogens is 256 g/mol. The molecule has 1 atom stereocenters. The maximum absolute atomic E-state index is 11.8. The molecule has 1 heterocycles. The van der Waals surface area contributed by atoms with Gasteiger partial charge in [0.15, 0.2) is 0 Å². The molecule has 2 N–H and O–H groups in total. The van der Waals surface area contributed by atoms with Gasteiger partial charge < -0.3 is 15.3 Å². The quantitative estimate of drug-likeness (QED) is 0.779. The summed E-state index contributed by atoms with van der Waals surface area (Å²) in [5.74, 6) is 2.31. The zero-order valence-electron chi connectivity index (χ0n) is 11.0. The summed E-state index contributed by atoms with van der Waals surface area (Å²) in [6.45, 7) is 0.639. The lowest BCUT2D eigenvalue weighted by Crippen LogP contribution is -2.27. The lowest BCUT2D eigenvalue weighted by atomic mass is 10.1. The molecule has 5 nitrogen and oxygen atoms in total. The van der Waals surface area contributed by atoms with Crippen LogP contribution in [0.4, 0.5) is 5.69 Å². The van der Waals surface area contributed by atoms with Crippen molar-refractivity contribution in [2.24, 2.45) is 5.92 Å². The third kappa shape index (κ3) is 2.98. The van der Waals surface area contributed by atoms with E-state index < -0.39 is 0 Å². The highest BCUT2D eigenvalue weighted by atomic mass is 16.3. The van der Waals surface area contributed by atoms with Gasteiger partial charge in [0.2, 0.25) is 5.91 Å². The molecule has 0 saturated carbocycles. The van der Waals surface area contributed by atoms with Gasteiger partial charge in [-0.15, -0.1) is 12.3 Å². The number of aliphatic hydroxyl groups excluding tert-OH is 1. The maximum atomic E-state index is 11.8. The Morgan fingerprint density at radius 3 is 2.70 bits per heavy atom. The molecule has 1 saturated heterocycles. The van der Waals surface area contributed by atoms with Gasteiger partial charge in [0.1, 0.15) is 0 Å². The van der Waals surface area contributed by atoms with Gasteiger partial charge in [-0.25, -0.2) is 0 Å². The molecule has 1 aromatic rings. The lowest BCUT2D eigenvalue weighted by molar-refractivity contribution is -0.117. The van der Waals surface area contributed by atoms with Crippen LogP contribution in [0.5, 0.6) is 0 Å². The molecule has 2 rings (SSSR count). The number of hydrogen-bond acceptors (Lipinski definition) is 3. The molecule has 20 heavy (non-hydrogen) atoms. The highest BCUT2D eigenvalue weighted by molar-refractivity contribution is 5.98. The number of hydrogen-bond donors (Lipinski definition) is 2. The van der Waals surface area contributed by atoms with E-state index >= 15 is 0 Å². The summed E-state index contributed by atoms with van der Waals surface area (Å²) in [6, 6.07) is 6.76. The van der Waals surface area contributed by atoms with E-state index in [9.17, 15) is 9.59 Å². The van der Waals surface area contributed by atoms with Gasteiger partial charge in [0.25, 0.3) is 5.91 Å². The van der Waals surface area contributed by atoms with Crippen LogP contribution in [0.1, 0.15) is 16.8 Å². The summed E-state index contributed by atoms with van der Waals surface area (Å²) in [5, 5.41) is 11.2. The minimum Gasteiger partial charge on any atom is -0.395 e.